The molecule has 1 aliphatic heterocycles. The van der Waals surface area contributed by atoms with Crippen LogP contribution in [-0.2, 0) is 4.79 Å². The van der Waals surface area contributed by atoms with Gasteiger partial charge in [0.2, 0.25) is 5.91 Å². The van der Waals surface area contributed by atoms with Crippen molar-refractivity contribution in [3.05, 3.63) is 46.0 Å². The van der Waals surface area contributed by atoms with Gasteiger partial charge in [0.05, 0.1) is 10.5 Å². The van der Waals surface area contributed by atoms with Crippen molar-refractivity contribution in [2.45, 2.75) is 19.4 Å². The van der Waals surface area contributed by atoms with E-state index in [9.17, 15) is 14.9 Å². The zero-order chi connectivity index (χ0) is 15.5. The van der Waals surface area contributed by atoms with Crippen molar-refractivity contribution in [2.24, 2.45) is 0 Å². The van der Waals surface area contributed by atoms with Crippen LogP contribution in [-0.4, -0.2) is 40.9 Å². The average molecular weight is 289 g/mol. The van der Waals surface area contributed by atoms with Gasteiger partial charge in [-0.05, 0) is 37.6 Å². The van der Waals surface area contributed by atoms with Gasteiger partial charge in [-0.3, -0.25) is 14.9 Å². The molecule has 6 heteroatoms. The second-order valence-corrected chi connectivity index (χ2v) is 5.66. The highest BCUT2D eigenvalue weighted by atomic mass is 16.6. The molecule has 0 aromatic heterocycles. The van der Waals surface area contributed by atoms with Crippen LogP contribution >= 0.6 is 0 Å². The van der Waals surface area contributed by atoms with Gasteiger partial charge in [-0.2, -0.15) is 0 Å². The molecular formula is C15H19N3O3. The minimum atomic E-state index is -0.443. The highest BCUT2D eigenvalue weighted by molar-refractivity contribution is 5.92. The van der Waals surface area contributed by atoms with Gasteiger partial charge in [0, 0.05) is 37.8 Å². The maximum atomic E-state index is 12.3. The molecule has 1 aliphatic rings. The number of nitro groups is 1. The Morgan fingerprint density at radius 1 is 1.38 bits per heavy atom. The number of nitro benzene ring substituents is 1. The summed E-state index contributed by atoms with van der Waals surface area (Å²) in [4.78, 5) is 24.2. The highest BCUT2D eigenvalue weighted by Crippen LogP contribution is 2.17. The number of piperazine rings is 1. The van der Waals surface area contributed by atoms with Crippen LogP contribution in [0, 0.1) is 10.1 Å². The molecule has 1 heterocycles. The highest BCUT2D eigenvalue weighted by Gasteiger charge is 2.31. The maximum absolute atomic E-state index is 12.3. The molecule has 0 atom stereocenters. The predicted molar refractivity (Wildman–Crippen MR) is 80.8 cm³/mol. The normalized spacial score (nSPS) is 17.9. The third kappa shape index (κ3) is 3.66. The van der Waals surface area contributed by atoms with Crippen LogP contribution in [0.15, 0.2) is 30.3 Å². The first-order chi connectivity index (χ1) is 9.90. The molecule has 112 valence electrons. The van der Waals surface area contributed by atoms with Gasteiger partial charge in [-0.1, -0.05) is 0 Å². The fourth-order valence-corrected chi connectivity index (χ4v) is 2.36. The molecule has 0 bridgehead atoms. The Morgan fingerprint density at radius 2 is 2.05 bits per heavy atom. The van der Waals surface area contributed by atoms with Gasteiger partial charge >= 0.3 is 0 Å². The van der Waals surface area contributed by atoms with Crippen LogP contribution in [0.2, 0.25) is 0 Å². The minimum absolute atomic E-state index is 0.0418. The molecule has 1 aromatic carbocycles. The van der Waals surface area contributed by atoms with Crippen molar-refractivity contribution in [3.63, 3.8) is 0 Å². The number of amides is 1. The third-order valence-electron chi connectivity index (χ3n) is 3.59. The monoisotopic (exact) mass is 289 g/mol. The molecule has 0 aliphatic carbocycles. The smallest absolute Gasteiger partial charge is 0.269 e. The molecule has 1 N–H and O–H groups in total. The standard InChI is InChI=1S/C15H19N3O3/c1-15(2)11-16-9-10-17(15)14(19)8-5-12-3-6-13(7-4-12)18(20)21/h3-8,16H,9-11H2,1-2H3. The Bertz CT molecular complexity index is 564. The zero-order valence-electron chi connectivity index (χ0n) is 12.2. The Balaban J connectivity index is 2.06. The van der Waals surface area contributed by atoms with Crippen LogP contribution in [0.1, 0.15) is 19.4 Å². The van der Waals surface area contributed by atoms with Gasteiger partial charge in [-0.15, -0.1) is 0 Å². The summed E-state index contributed by atoms with van der Waals surface area (Å²) in [6.07, 6.45) is 3.21. The topological polar surface area (TPSA) is 75.5 Å². The molecule has 0 spiro atoms. The van der Waals surface area contributed by atoms with Crippen molar-refractivity contribution < 1.29 is 9.72 Å². The van der Waals surface area contributed by atoms with Gasteiger partial charge in [0.15, 0.2) is 0 Å². The van der Waals surface area contributed by atoms with Crippen molar-refractivity contribution in [2.75, 3.05) is 19.6 Å². The summed E-state index contributed by atoms with van der Waals surface area (Å²) in [7, 11) is 0. The summed E-state index contributed by atoms with van der Waals surface area (Å²) < 4.78 is 0. The van der Waals surface area contributed by atoms with Crippen molar-refractivity contribution in [3.8, 4) is 0 Å². The molecule has 2 rings (SSSR count). The van der Waals surface area contributed by atoms with Gasteiger partial charge in [-0.25, -0.2) is 0 Å². The molecule has 0 saturated carbocycles. The van der Waals surface area contributed by atoms with Crippen LogP contribution in [0.3, 0.4) is 0 Å². The molecule has 0 radical (unpaired) electrons. The number of nitrogens with zero attached hydrogens (tertiary/aromatic N) is 2. The lowest BCUT2D eigenvalue weighted by Crippen LogP contribution is -2.59. The number of nitrogens with one attached hydrogen (secondary N) is 1. The Hall–Kier alpha value is -2.21. The first kappa shape index (κ1) is 15.2. The molecule has 1 fully saturated rings. The Labute approximate surface area is 123 Å². The molecule has 1 aromatic rings. The van der Waals surface area contributed by atoms with Crippen molar-refractivity contribution in [1.29, 1.82) is 0 Å². The van der Waals surface area contributed by atoms with E-state index in [1.165, 1.54) is 18.2 Å². The summed E-state index contributed by atoms with van der Waals surface area (Å²) in [5.74, 6) is -0.0418. The van der Waals surface area contributed by atoms with Crippen LogP contribution in [0.4, 0.5) is 5.69 Å². The molecule has 0 unspecified atom stereocenters. The lowest BCUT2D eigenvalue weighted by molar-refractivity contribution is -0.384. The van der Waals surface area contributed by atoms with Gasteiger partial charge in [0.1, 0.15) is 0 Å². The first-order valence-corrected chi connectivity index (χ1v) is 6.85. The number of carbonyl (C=O) groups excluding carboxylic acids is 1. The van der Waals surface area contributed by atoms with Crippen molar-refractivity contribution >= 4 is 17.7 Å². The SMILES string of the molecule is CC1(C)CNCCN1C(=O)C=Cc1ccc([N+](=O)[O-])cc1. The number of carbonyl (C=O) groups is 1. The second-order valence-electron chi connectivity index (χ2n) is 5.66. The number of benzene rings is 1. The Kier molecular flexibility index (Phi) is 4.37. The van der Waals surface area contributed by atoms with E-state index in [1.807, 2.05) is 18.7 Å². The van der Waals surface area contributed by atoms with E-state index < -0.39 is 4.92 Å². The molecule has 1 saturated heterocycles. The Morgan fingerprint density at radius 3 is 2.62 bits per heavy atom. The summed E-state index contributed by atoms with van der Waals surface area (Å²) in [6, 6.07) is 6.12. The van der Waals surface area contributed by atoms with Gasteiger partial charge < -0.3 is 10.2 Å². The van der Waals surface area contributed by atoms with Gasteiger partial charge in [0.25, 0.3) is 5.69 Å². The van der Waals surface area contributed by atoms with Crippen LogP contribution < -0.4 is 5.32 Å². The largest absolute Gasteiger partial charge is 0.331 e. The van der Waals surface area contributed by atoms with E-state index in [0.29, 0.717) is 6.54 Å². The lowest BCUT2D eigenvalue weighted by atomic mass is 10.00. The number of hydrogen-bond acceptors (Lipinski definition) is 4. The molecule has 6 nitrogen and oxygen atoms in total. The van der Waals surface area contributed by atoms with E-state index >= 15 is 0 Å². The first-order valence-electron chi connectivity index (χ1n) is 6.85. The summed E-state index contributed by atoms with van der Waals surface area (Å²) in [5, 5.41) is 13.8. The molecule has 21 heavy (non-hydrogen) atoms. The number of hydrogen-bond donors (Lipinski definition) is 1. The van der Waals surface area contributed by atoms with Crippen LogP contribution in [0.5, 0.6) is 0 Å². The van der Waals surface area contributed by atoms with Crippen LogP contribution in [0.25, 0.3) is 6.08 Å². The predicted octanol–water partition coefficient (Wildman–Crippen LogP) is 1.82. The van der Waals surface area contributed by atoms with E-state index in [-0.39, 0.29) is 17.1 Å². The van der Waals surface area contributed by atoms with E-state index in [1.54, 1.807) is 18.2 Å². The quantitative estimate of drug-likeness (QED) is 0.523. The third-order valence-corrected chi connectivity index (χ3v) is 3.59. The fraction of sp³-hybridized carbons (Fsp3) is 0.400. The fourth-order valence-electron chi connectivity index (χ4n) is 2.36. The summed E-state index contributed by atoms with van der Waals surface area (Å²) in [6.45, 7) is 6.29. The second kappa shape index (κ2) is 6.05. The summed E-state index contributed by atoms with van der Waals surface area (Å²) >= 11 is 0. The van der Waals surface area contributed by atoms with E-state index in [0.717, 1.165) is 18.7 Å². The number of non-ortho nitro benzene ring substituents is 1. The van der Waals surface area contributed by atoms with Crippen molar-refractivity contribution in [1.82, 2.24) is 10.2 Å². The lowest BCUT2D eigenvalue weighted by Gasteiger charge is -2.42. The van der Waals surface area contributed by atoms with E-state index in [2.05, 4.69) is 5.32 Å². The average Bonchev–Trinajstić information content (AvgIpc) is 2.44. The number of rotatable bonds is 3. The molecular weight excluding hydrogens is 270 g/mol. The summed E-state index contributed by atoms with van der Waals surface area (Å²) in [5.41, 5.74) is 0.596. The minimum Gasteiger partial charge on any atom is -0.331 e. The van der Waals surface area contributed by atoms with E-state index in [4.69, 9.17) is 0 Å². The molecule has 1 amide bonds. The zero-order valence-corrected chi connectivity index (χ0v) is 12.2. The maximum Gasteiger partial charge on any atom is 0.269 e.